The van der Waals surface area contributed by atoms with Crippen LogP contribution in [-0.4, -0.2) is 35.7 Å². The van der Waals surface area contributed by atoms with Gasteiger partial charge in [0, 0.05) is 31.1 Å². The highest BCUT2D eigenvalue weighted by Crippen LogP contribution is 2.41. The minimum absolute atomic E-state index is 0.216. The Labute approximate surface area is 167 Å². The molecule has 3 aromatic heterocycles. The Balaban J connectivity index is 1.36. The van der Waals surface area contributed by atoms with Crippen molar-refractivity contribution in [2.45, 2.75) is 25.3 Å². The molecule has 0 radical (unpaired) electrons. The van der Waals surface area contributed by atoms with E-state index in [1.54, 1.807) is 21.8 Å². The highest BCUT2D eigenvalue weighted by atomic mass is 16.2. The van der Waals surface area contributed by atoms with Crippen LogP contribution >= 0.6 is 0 Å². The molecule has 1 saturated carbocycles. The van der Waals surface area contributed by atoms with Crippen molar-refractivity contribution in [3.63, 3.8) is 0 Å². The van der Waals surface area contributed by atoms with Gasteiger partial charge in [0.15, 0.2) is 11.5 Å². The van der Waals surface area contributed by atoms with Crippen molar-refractivity contribution >= 4 is 5.91 Å². The number of rotatable bonds is 6. The van der Waals surface area contributed by atoms with Crippen LogP contribution in [0.4, 0.5) is 0 Å². The lowest BCUT2D eigenvalue weighted by Gasteiger charge is -2.08. The van der Waals surface area contributed by atoms with Crippen LogP contribution in [0.5, 0.6) is 0 Å². The molecule has 144 valence electrons. The Hall–Kier alpha value is -3.81. The van der Waals surface area contributed by atoms with E-state index in [0.29, 0.717) is 24.0 Å². The van der Waals surface area contributed by atoms with Gasteiger partial charge in [-0.25, -0.2) is 14.3 Å². The molecule has 0 atom stereocenters. The Bertz CT molecular complexity index is 1130. The van der Waals surface area contributed by atoms with E-state index in [1.165, 1.54) is 0 Å². The Morgan fingerprint density at radius 3 is 2.72 bits per heavy atom. The zero-order valence-corrected chi connectivity index (χ0v) is 15.6. The largest absolute Gasteiger partial charge is 0.347 e. The fraction of sp³-hybridized carbons (Fsp3) is 0.190. The molecule has 1 fully saturated rings. The van der Waals surface area contributed by atoms with Crippen molar-refractivity contribution in [1.82, 2.24) is 35.1 Å². The first-order valence-corrected chi connectivity index (χ1v) is 9.54. The summed E-state index contributed by atoms with van der Waals surface area (Å²) in [5, 5.41) is 15.6. The summed E-state index contributed by atoms with van der Waals surface area (Å²) >= 11 is 0. The second-order valence-electron chi connectivity index (χ2n) is 7.00. The SMILES string of the molecule is O=C(NCc1ccnc(-n2cccn2)c1)c1nnn(-c2ccccc2)c1C1CC1. The molecular weight excluding hydrogens is 366 g/mol. The molecule has 1 aliphatic carbocycles. The van der Waals surface area contributed by atoms with Crippen LogP contribution in [0, 0.1) is 0 Å². The number of hydrogen-bond acceptors (Lipinski definition) is 5. The van der Waals surface area contributed by atoms with E-state index < -0.39 is 0 Å². The first-order valence-electron chi connectivity index (χ1n) is 9.54. The maximum Gasteiger partial charge on any atom is 0.274 e. The van der Waals surface area contributed by atoms with Gasteiger partial charge in [-0.2, -0.15) is 5.10 Å². The van der Waals surface area contributed by atoms with Gasteiger partial charge < -0.3 is 5.32 Å². The van der Waals surface area contributed by atoms with Crippen molar-refractivity contribution in [2.75, 3.05) is 0 Å². The van der Waals surface area contributed by atoms with Crippen molar-refractivity contribution in [2.24, 2.45) is 0 Å². The van der Waals surface area contributed by atoms with Gasteiger partial charge in [0.2, 0.25) is 0 Å². The third-order valence-electron chi connectivity index (χ3n) is 4.89. The number of nitrogens with one attached hydrogen (secondary N) is 1. The summed E-state index contributed by atoms with van der Waals surface area (Å²) in [6.07, 6.45) is 7.34. The predicted octanol–water partition coefficient (Wildman–Crippen LogP) is 2.66. The van der Waals surface area contributed by atoms with E-state index >= 15 is 0 Å². The van der Waals surface area contributed by atoms with Crippen molar-refractivity contribution < 1.29 is 4.79 Å². The number of carbonyl (C=O) groups is 1. The quantitative estimate of drug-likeness (QED) is 0.551. The number of aromatic nitrogens is 6. The van der Waals surface area contributed by atoms with Crippen molar-refractivity contribution in [3.05, 3.63) is 84.1 Å². The van der Waals surface area contributed by atoms with E-state index in [4.69, 9.17) is 0 Å². The van der Waals surface area contributed by atoms with Crippen LogP contribution in [0.2, 0.25) is 0 Å². The van der Waals surface area contributed by atoms with E-state index in [2.05, 4.69) is 25.7 Å². The van der Waals surface area contributed by atoms with Gasteiger partial charge >= 0.3 is 0 Å². The Morgan fingerprint density at radius 1 is 1.10 bits per heavy atom. The van der Waals surface area contributed by atoms with Crippen LogP contribution in [0.25, 0.3) is 11.5 Å². The summed E-state index contributed by atoms with van der Waals surface area (Å²) in [4.78, 5) is 17.2. The lowest BCUT2D eigenvalue weighted by molar-refractivity contribution is 0.0944. The first kappa shape index (κ1) is 17.3. The van der Waals surface area contributed by atoms with E-state index in [9.17, 15) is 4.79 Å². The fourth-order valence-electron chi connectivity index (χ4n) is 3.30. The summed E-state index contributed by atoms with van der Waals surface area (Å²) in [5.74, 6) is 0.820. The summed E-state index contributed by atoms with van der Waals surface area (Å²) in [7, 11) is 0. The molecule has 1 aliphatic rings. The highest BCUT2D eigenvalue weighted by Gasteiger charge is 2.34. The smallest absolute Gasteiger partial charge is 0.274 e. The molecule has 0 saturated heterocycles. The topological polar surface area (TPSA) is 90.5 Å². The molecular formula is C21H19N7O. The first-order chi connectivity index (χ1) is 14.3. The molecule has 3 heterocycles. The molecule has 0 bridgehead atoms. The standard InChI is InChI=1S/C21H19N7O/c29-21(23-14-15-9-11-22-18(13-15)27-12-4-10-24-27)19-20(16-7-8-16)28(26-25-19)17-5-2-1-3-6-17/h1-6,9-13,16H,7-8,14H2,(H,23,29). The number of para-hydroxylation sites is 1. The normalized spacial score (nSPS) is 13.4. The van der Waals surface area contributed by atoms with Gasteiger partial charge in [-0.3, -0.25) is 4.79 Å². The van der Waals surface area contributed by atoms with E-state index in [1.807, 2.05) is 54.7 Å². The van der Waals surface area contributed by atoms with Gasteiger partial charge in [-0.05, 0) is 48.7 Å². The van der Waals surface area contributed by atoms with Crippen LogP contribution in [0.1, 0.15) is 40.5 Å². The summed E-state index contributed by atoms with van der Waals surface area (Å²) < 4.78 is 3.47. The number of hydrogen-bond donors (Lipinski definition) is 1. The van der Waals surface area contributed by atoms with Crippen LogP contribution in [-0.2, 0) is 6.54 Å². The molecule has 4 aromatic rings. The molecule has 1 N–H and O–H groups in total. The number of carbonyl (C=O) groups excluding carboxylic acids is 1. The Morgan fingerprint density at radius 2 is 1.97 bits per heavy atom. The second kappa shape index (κ2) is 7.31. The minimum atomic E-state index is -0.216. The maximum atomic E-state index is 12.9. The predicted molar refractivity (Wildman–Crippen MR) is 106 cm³/mol. The number of nitrogens with zero attached hydrogens (tertiary/aromatic N) is 6. The minimum Gasteiger partial charge on any atom is -0.347 e. The van der Waals surface area contributed by atoms with Crippen LogP contribution in [0.3, 0.4) is 0 Å². The average molecular weight is 385 g/mol. The molecule has 0 unspecified atom stereocenters. The number of pyridine rings is 1. The third kappa shape index (κ3) is 3.52. The zero-order chi connectivity index (χ0) is 19.6. The maximum absolute atomic E-state index is 12.9. The third-order valence-corrected chi connectivity index (χ3v) is 4.89. The molecule has 29 heavy (non-hydrogen) atoms. The van der Waals surface area contributed by atoms with E-state index in [-0.39, 0.29) is 5.91 Å². The van der Waals surface area contributed by atoms with Gasteiger partial charge in [0.25, 0.3) is 5.91 Å². The van der Waals surface area contributed by atoms with Gasteiger partial charge in [-0.1, -0.05) is 23.4 Å². The van der Waals surface area contributed by atoms with Crippen LogP contribution in [0.15, 0.2) is 67.1 Å². The molecule has 5 rings (SSSR count). The molecule has 8 nitrogen and oxygen atoms in total. The zero-order valence-electron chi connectivity index (χ0n) is 15.6. The monoisotopic (exact) mass is 385 g/mol. The number of amides is 1. The number of benzene rings is 1. The van der Waals surface area contributed by atoms with Gasteiger partial charge in [0.05, 0.1) is 11.4 Å². The highest BCUT2D eigenvalue weighted by molar-refractivity contribution is 5.93. The summed E-state index contributed by atoms with van der Waals surface area (Å²) in [6.45, 7) is 0.373. The Kier molecular flexibility index (Phi) is 4.36. The van der Waals surface area contributed by atoms with Crippen LogP contribution < -0.4 is 5.32 Å². The fourth-order valence-corrected chi connectivity index (χ4v) is 3.30. The van der Waals surface area contributed by atoms with E-state index in [0.717, 1.165) is 29.8 Å². The van der Waals surface area contributed by atoms with Crippen molar-refractivity contribution in [3.8, 4) is 11.5 Å². The average Bonchev–Trinajstić information content (AvgIpc) is 3.28. The second-order valence-corrected chi connectivity index (χ2v) is 7.00. The van der Waals surface area contributed by atoms with Crippen molar-refractivity contribution in [1.29, 1.82) is 0 Å². The lowest BCUT2D eigenvalue weighted by atomic mass is 10.2. The molecule has 8 heteroatoms. The van der Waals surface area contributed by atoms with Gasteiger partial charge in [0.1, 0.15) is 0 Å². The summed E-state index contributed by atoms with van der Waals surface area (Å²) in [6, 6.07) is 15.4. The van der Waals surface area contributed by atoms with Gasteiger partial charge in [-0.15, -0.1) is 5.10 Å². The summed E-state index contributed by atoms with van der Waals surface area (Å²) in [5.41, 5.74) is 3.14. The lowest BCUT2D eigenvalue weighted by Crippen LogP contribution is -2.24. The molecule has 1 amide bonds. The molecule has 1 aromatic carbocycles. The molecule has 0 aliphatic heterocycles. The molecule has 0 spiro atoms.